The van der Waals surface area contributed by atoms with Gasteiger partial charge in [0.05, 0.1) is 26.1 Å². The predicted molar refractivity (Wildman–Crippen MR) is 106 cm³/mol. The van der Waals surface area contributed by atoms with Crippen LogP contribution in [0.25, 0.3) is 0 Å². The highest BCUT2D eigenvalue weighted by atomic mass is 32.2. The number of hydrogen-bond acceptors (Lipinski definition) is 7. The minimum atomic E-state index is -3.88. The summed E-state index contributed by atoms with van der Waals surface area (Å²) in [5, 5.41) is 0. The number of piperidine rings is 1. The second-order valence-corrected chi connectivity index (χ2v) is 8.28. The highest BCUT2D eigenvalue weighted by Gasteiger charge is 2.22. The van der Waals surface area contributed by atoms with Crippen LogP contribution in [0.3, 0.4) is 0 Å². The molecule has 1 aromatic carbocycles. The van der Waals surface area contributed by atoms with Crippen molar-refractivity contribution in [1.82, 2.24) is 9.88 Å². The number of nitrogens with zero attached hydrogens (tertiary/aromatic N) is 2. The number of benzene rings is 1. The van der Waals surface area contributed by atoms with E-state index in [1.54, 1.807) is 24.3 Å². The summed E-state index contributed by atoms with van der Waals surface area (Å²) >= 11 is 0. The van der Waals surface area contributed by atoms with Gasteiger partial charge in [-0.15, -0.1) is 0 Å². The van der Waals surface area contributed by atoms with Crippen LogP contribution < -0.4 is 18.9 Å². The number of ether oxygens (including phenoxy) is 3. The SMILES string of the molecule is COc1ccc(OC)c(S(=O)(=O)Nc2ccc(OC3CCN(C)CC3)nc2)c1. The second-order valence-electron chi connectivity index (χ2n) is 6.63. The first-order valence-electron chi connectivity index (χ1n) is 8.97. The first-order valence-corrected chi connectivity index (χ1v) is 10.5. The maximum Gasteiger partial charge on any atom is 0.265 e. The van der Waals surface area contributed by atoms with Crippen LogP contribution in [0.5, 0.6) is 17.4 Å². The smallest absolute Gasteiger partial charge is 0.265 e. The lowest BCUT2D eigenvalue weighted by atomic mass is 10.1. The van der Waals surface area contributed by atoms with Crippen LogP contribution in [0.2, 0.25) is 0 Å². The summed E-state index contributed by atoms with van der Waals surface area (Å²) < 4.78 is 44.2. The molecule has 0 radical (unpaired) electrons. The van der Waals surface area contributed by atoms with Crippen molar-refractivity contribution in [3.63, 3.8) is 0 Å². The van der Waals surface area contributed by atoms with Crippen LogP contribution >= 0.6 is 0 Å². The number of pyridine rings is 1. The van der Waals surface area contributed by atoms with Crippen molar-refractivity contribution in [1.29, 1.82) is 0 Å². The molecule has 1 aliphatic rings. The molecular formula is C19H25N3O5S. The molecule has 0 amide bonds. The van der Waals surface area contributed by atoms with Gasteiger partial charge in [-0.1, -0.05) is 0 Å². The zero-order chi connectivity index (χ0) is 20.1. The molecule has 152 valence electrons. The van der Waals surface area contributed by atoms with Crippen LogP contribution in [0.1, 0.15) is 12.8 Å². The summed E-state index contributed by atoms with van der Waals surface area (Å²) in [5.74, 6) is 1.13. The zero-order valence-corrected chi connectivity index (χ0v) is 17.0. The Hall–Kier alpha value is -2.52. The van der Waals surface area contributed by atoms with Crippen molar-refractivity contribution >= 4 is 15.7 Å². The molecule has 1 aliphatic heterocycles. The first kappa shape index (κ1) is 20.2. The molecular weight excluding hydrogens is 382 g/mol. The van der Waals surface area contributed by atoms with Crippen LogP contribution in [0, 0.1) is 0 Å². The number of methoxy groups -OCH3 is 2. The van der Waals surface area contributed by atoms with Gasteiger partial charge in [0.2, 0.25) is 5.88 Å². The number of aromatic nitrogens is 1. The van der Waals surface area contributed by atoms with Crippen molar-refractivity contribution < 1.29 is 22.6 Å². The summed E-state index contributed by atoms with van der Waals surface area (Å²) in [7, 11) is 1.10. The molecule has 0 spiro atoms. The summed E-state index contributed by atoms with van der Waals surface area (Å²) in [6.07, 6.45) is 3.46. The summed E-state index contributed by atoms with van der Waals surface area (Å²) in [6, 6.07) is 7.88. The van der Waals surface area contributed by atoms with Crippen molar-refractivity contribution in [2.24, 2.45) is 0 Å². The lowest BCUT2D eigenvalue weighted by Crippen LogP contribution is -2.35. The van der Waals surface area contributed by atoms with Crippen molar-refractivity contribution in [3.8, 4) is 17.4 Å². The Bertz CT molecular complexity index is 894. The quantitative estimate of drug-likeness (QED) is 0.754. The van der Waals surface area contributed by atoms with Gasteiger partial charge < -0.3 is 19.1 Å². The summed E-state index contributed by atoms with van der Waals surface area (Å²) in [5.41, 5.74) is 0.334. The Morgan fingerprint density at radius 3 is 2.46 bits per heavy atom. The highest BCUT2D eigenvalue weighted by Crippen LogP contribution is 2.30. The number of likely N-dealkylation sites (tertiary alicyclic amines) is 1. The molecule has 0 atom stereocenters. The van der Waals surface area contributed by atoms with E-state index in [2.05, 4.69) is 21.7 Å². The van der Waals surface area contributed by atoms with E-state index in [4.69, 9.17) is 14.2 Å². The molecule has 0 unspecified atom stereocenters. The minimum Gasteiger partial charge on any atom is -0.497 e. The number of rotatable bonds is 7. The van der Waals surface area contributed by atoms with E-state index in [0.29, 0.717) is 17.3 Å². The zero-order valence-electron chi connectivity index (χ0n) is 16.2. The van der Waals surface area contributed by atoms with E-state index in [1.165, 1.54) is 26.5 Å². The van der Waals surface area contributed by atoms with Crippen molar-refractivity contribution in [2.75, 3.05) is 39.1 Å². The number of anilines is 1. The molecule has 8 nitrogen and oxygen atoms in total. The monoisotopic (exact) mass is 407 g/mol. The van der Waals surface area contributed by atoms with E-state index >= 15 is 0 Å². The molecule has 2 aromatic rings. The third-order valence-corrected chi connectivity index (χ3v) is 6.00. The fourth-order valence-corrected chi connectivity index (χ4v) is 4.22. The molecule has 1 saturated heterocycles. The number of nitrogens with one attached hydrogen (secondary N) is 1. The van der Waals surface area contributed by atoms with Crippen molar-refractivity contribution in [3.05, 3.63) is 36.5 Å². The van der Waals surface area contributed by atoms with E-state index in [-0.39, 0.29) is 16.7 Å². The third-order valence-electron chi connectivity index (χ3n) is 4.60. The van der Waals surface area contributed by atoms with Gasteiger partial charge in [-0.05, 0) is 38.1 Å². The normalized spacial score (nSPS) is 15.8. The van der Waals surface area contributed by atoms with Gasteiger partial charge in [0.1, 0.15) is 22.5 Å². The Morgan fingerprint density at radius 1 is 1.11 bits per heavy atom. The minimum absolute atomic E-state index is 0.0130. The lowest BCUT2D eigenvalue weighted by Gasteiger charge is -2.28. The molecule has 3 rings (SSSR count). The Balaban J connectivity index is 1.71. The molecule has 1 N–H and O–H groups in total. The molecule has 28 heavy (non-hydrogen) atoms. The predicted octanol–water partition coefficient (Wildman–Crippen LogP) is 2.37. The summed E-state index contributed by atoms with van der Waals surface area (Å²) in [6.45, 7) is 1.98. The van der Waals surface area contributed by atoms with E-state index in [0.717, 1.165) is 25.9 Å². The molecule has 0 saturated carbocycles. The fourth-order valence-electron chi connectivity index (χ4n) is 2.99. The molecule has 1 aromatic heterocycles. The van der Waals surface area contributed by atoms with Gasteiger partial charge in [-0.3, -0.25) is 4.72 Å². The maximum absolute atomic E-state index is 12.8. The average Bonchev–Trinajstić information content (AvgIpc) is 2.70. The Morgan fingerprint density at radius 2 is 1.86 bits per heavy atom. The van der Waals surface area contributed by atoms with Crippen LogP contribution in [-0.2, 0) is 10.0 Å². The number of hydrogen-bond donors (Lipinski definition) is 1. The Labute approximate surface area is 165 Å². The van der Waals surface area contributed by atoms with Crippen LogP contribution in [0.4, 0.5) is 5.69 Å². The van der Waals surface area contributed by atoms with Crippen LogP contribution in [0.15, 0.2) is 41.4 Å². The molecule has 9 heteroatoms. The Kier molecular flexibility index (Phi) is 6.25. The highest BCUT2D eigenvalue weighted by molar-refractivity contribution is 7.92. The molecule has 0 aliphatic carbocycles. The fraction of sp³-hybridized carbons (Fsp3) is 0.421. The molecule has 1 fully saturated rings. The van der Waals surface area contributed by atoms with Gasteiger partial charge in [-0.25, -0.2) is 13.4 Å². The van der Waals surface area contributed by atoms with Gasteiger partial charge in [-0.2, -0.15) is 0 Å². The maximum atomic E-state index is 12.8. The van der Waals surface area contributed by atoms with Crippen LogP contribution in [-0.4, -0.2) is 58.8 Å². The van der Waals surface area contributed by atoms with Gasteiger partial charge in [0.25, 0.3) is 10.0 Å². The topological polar surface area (TPSA) is 90.0 Å². The van der Waals surface area contributed by atoms with E-state index < -0.39 is 10.0 Å². The second kappa shape index (κ2) is 8.66. The average molecular weight is 407 g/mol. The first-order chi connectivity index (χ1) is 13.4. The van der Waals surface area contributed by atoms with Gasteiger partial charge in [0.15, 0.2) is 0 Å². The molecule has 2 heterocycles. The summed E-state index contributed by atoms with van der Waals surface area (Å²) in [4.78, 5) is 6.48. The number of sulfonamides is 1. The molecule has 0 bridgehead atoms. The van der Waals surface area contributed by atoms with Gasteiger partial charge in [0, 0.05) is 25.2 Å². The van der Waals surface area contributed by atoms with Crippen molar-refractivity contribution in [2.45, 2.75) is 23.8 Å². The van der Waals surface area contributed by atoms with E-state index in [1.807, 2.05) is 0 Å². The third kappa shape index (κ3) is 4.85. The largest absolute Gasteiger partial charge is 0.497 e. The lowest BCUT2D eigenvalue weighted by molar-refractivity contribution is 0.110. The van der Waals surface area contributed by atoms with E-state index in [9.17, 15) is 8.42 Å². The standard InChI is InChI=1S/C19H25N3O5S/c1-22-10-8-15(9-11-22)27-19-7-4-14(13-20-19)21-28(23,24)18-12-16(25-2)5-6-17(18)26-3/h4-7,12-13,15,21H,8-11H2,1-3H3. The van der Waals surface area contributed by atoms with Gasteiger partial charge >= 0.3 is 0 Å².